The number of aromatic nitrogens is 8. The SMILES string of the molecule is CCNCc1cncc(-c2cnc3[nH]nc(-c4nc5c(-c6ccccn6)cncc5[nH]4)c3c2)c1. The smallest absolute Gasteiger partial charge is 0.159 e. The molecular weight excluding hydrogens is 426 g/mol. The maximum atomic E-state index is 4.87. The number of hydrogen-bond donors (Lipinski definition) is 3. The Bertz CT molecular complexity index is 1600. The Morgan fingerprint density at radius 1 is 0.941 bits per heavy atom. The van der Waals surface area contributed by atoms with E-state index in [9.17, 15) is 0 Å². The third-order valence-electron chi connectivity index (χ3n) is 5.68. The largest absolute Gasteiger partial charge is 0.335 e. The van der Waals surface area contributed by atoms with E-state index in [-0.39, 0.29) is 0 Å². The first kappa shape index (κ1) is 20.1. The fraction of sp³-hybridized carbons (Fsp3) is 0.120. The van der Waals surface area contributed by atoms with E-state index in [0.29, 0.717) is 17.2 Å². The van der Waals surface area contributed by atoms with Crippen molar-refractivity contribution in [2.75, 3.05) is 6.54 Å². The molecule has 166 valence electrons. The lowest BCUT2D eigenvalue weighted by Crippen LogP contribution is -2.11. The van der Waals surface area contributed by atoms with Crippen LogP contribution in [-0.2, 0) is 6.54 Å². The summed E-state index contributed by atoms with van der Waals surface area (Å²) in [5.74, 6) is 0.643. The Hall–Kier alpha value is -4.50. The Morgan fingerprint density at radius 2 is 1.85 bits per heavy atom. The van der Waals surface area contributed by atoms with E-state index in [4.69, 9.17) is 4.98 Å². The van der Waals surface area contributed by atoms with Gasteiger partial charge in [0.2, 0.25) is 0 Å². The zero-order chi connectivity index (χ0) is 22.9. The van der Waals surface area contributed by atoms with Gasteiger partial charge in [-0.3, -0.25) is 20.1 Å². The van der Waals surface area contributed by atoms with Gasteiger partial charge in [-0.1, -0.05) is 13.0 Å². The van der Waals surface area contributed by atoms with Gasteiger partial charge >= 0.3 is 0 Å². The van der Waals surface area contributed by atoms with Gasteiger partial charge in [-0.2, -0.15) is 5.10 Å². The molecule has 0 bridgehead atoms. The maximum absolute atomic E-state index is 4.87. The van der Waals surface area contributed by atoms with Gasteiger partial charge in [-0.25, -0.2) is 9.97 Å². The summed E-state index contributed by atoms with van der Waals surface area (Å²) in [6, 6.07) is 9.98. The van der Waals surface area contributed by atoms with Crippen LogP contribution in [0.3, 0.4) is 0 Å². The standard InChI is InChI=1S/C25H21N9/c1-2-26-9-15-7-16(11-27-10-15)17-8-18-23(33-34-24(18)30-12-17)25-31-21-14-28-13-19(22(21)32-25)20-5-3-4-6-29-20/h3-8,10-14,26H,2,9H2,1H3,(H,31,32)(H,30,33,34). The molecule has 6 heterocycles. The molecule has 34 heavy (non-hydrogen) atoms. The zero-order valence-corrected chi connectivity index (χ0v) is 18.4. The summed E-state index contributed by atoms with van der Waals surface area (Å²) < 4.78 is 0. The molecule has 0 saturated heterocycles. The van der Waals surface area contributed by atoms with Crippen LogP contribution in [0, 0.1) is 0 Å². The highest BCUT2D eigenvalue weighted by molar-refractivity contribution is 5.96. The van der Waals surface area contributed by atoms with Crippen LogP contribution in [0.25, 0.3) is 56.0 Å². The number of imidazole rings is 1. The van der Waals surface area contributed by atoms with Crippen LogP contribution in [0.1, 0.15) is 12.5 Å². The van der Waals surface area contributed by atoms with Gasteiger partial charge in [0.1, 0.15) is 11.2 Å². The summed E-state index contributed by atoms with van der Waals surface area (Å²) in [6.45, 7) is 3.77. The van der Waals surface area contributed by atoms with Crippen molar-refractivity contribution >= 4 is 22.1 Å². The first-order valence-corrected chi connectivity index (χ1v) is 11.0. The molecule has 6 aromatic heterocycles. The number of aromatic amines is 2. The van der Waals surface area contributed by atoms with Crippen LogP contribution >= 0.6 is 0 Å². The first-order valence-electron chi connectivity index (χ1n) is 11.0. The molecule has 0 radical (unpaired) electrons. The summed E-state index contributed by atoms with van der Waals surface area (Å²) in [7, 11) is 0. The highest BCUT2D eigenvalue weighted by Gasteiger charge is 2.17. The molecule has 6 rings (SSSR count). The van der Waals surface area contributed by atoms with Crippen molar-refractivity contribution in [3.8, 4) is 33.9 Å². The van der Waals surface area contributed by atoms with E-state index in [0.717, 1.165) is 57.5 Å². The fourth-order valence-electron chi connectivity index (χ4n) is 4.01. The van der Waals surface area contributed by atoms with E-state index in [1.165, 1.54) is 0 Å². The van der Waals surface area contributed by atoms with Gasteiger partial charge in [0.25, 0.3) is 0 Å². The predicted molar refractivity (Wildman–Crippen MR) is 131 cm³/mol. The average molecular weight is 448 g/mol. The Morgan fingerprint density at radius 3 is 2.74 bits per heavy atom. The van der Waals surface area contributed by atoms with Crippen molar-refractivity contribution < 1.29 is 0 Å². The van der Waals surface area contributed by atoms with Crippen LogP contribution < -0.4 is 5.32 Å². The zero-order valence-electron chi connectivity index (χ0n) is 18.4. The molecule has 6 aromatic rings. The molecule has 0 amide bonds. The summed E-state index contributed by atoms with van der Waals surface area (Å²) in [6.07, 6.45) is 10.9. The van der Waals surface area contributed by atoms with Crippen molar-refractivity contribution in [1.82, 2.24) is 45.4 Å². The first-order chi connectivity index (χ1) is 16.8. The van der Waals surface area contributed by atoms with Gasteiger partial charge in [-0.05, 0) is 36.4 Å². The Kier molecular flexibility index (Phi) is 5.00. The van der Waals surface area contributed by atoms with Crippen molar-refractivity contribution in [3.05, 3.63) is 73.1 Å². The number of fused-ring (bicyclic) bond motifs is 2. The van der Waals surface area contributed by atoms with Gasteiger partial charge < -0.3 is 10.3 Å². The van der Waals surface area contributed by atoms with Gasteiger partial charge in [0.05, 0.1) is 22.8 Å². The van der Waals surface area contributed by atoms with Gasteiger partial charge in [0.15, 0.2) is 11.5 Å². The Balaban J connectivity index is 1.44. The molecular formula is C25H21N9. The van der Waals surface area contributed by atoms with Gasteiger partial charge in [-0.15, -0.1) is 0 Å². The lowest BCUT2D eigenvalue weighted by atomic mass is 10.1. The molecule has 0 aliphatic rings. The highest BCUT2D eigenvalue weighted by Crippen LogP contribution is 2.31. The summed E-state index contributed by atoms with van der Waals surface area (Å²) in [4.78, 5) is 26.0. The average Bonchev–Trinajstić information content (AvgIpc) is 3.51. The minimum absolute atomic E-state index is 0.643. The van der Waals surface area contributed by atoms with Crippen molar-refractivity contribution in [2.24, 2.45) is 0 Å². The molecule has 0 aliphatic heterocycles. The van der Waals surface area contributed by atoms with E-state index >= 15 is 0 Å². The van der Waals surface area contributed by atoms with E-state index in [1.807, 2.05) is 36.8 Å². The third-order valence-corrected chi connectivity index (χ3v) is 5.68. The minimum Gasteiger partial charge on any atom is -0.335 e. The van der Waals surface area contributed by atoms with Crippen LogP contribution in [0.15, 0.2) is 67.5 Å². The lowest BCUT2D eigenvalue weighted by Gasteiger charge is -2.05. The normalized spacial score (nSPS) is 11.4. The number of nitrogens with one attached hydrogen (secondary N) is 3. The van der Waals surface area contributed by atoms with E-state index < -0.39 is 0 Å². The summed E-state index contributed by atoms with van der Waals surface area (Å²) >= 11 is 0. The predicted octanol–water partition coefficient (Wildman–Crippen LogP) is 4.13. The topological polar surface area (TPSA) is 121 Å². The molecule has 3 N–H and O–H groups in total. The molecule has 9 heteroatoms. The Labute approximate surface area is 194 Å². The van der Waals surface area contributed by atoms with Crippen molar-refractivity contribution in [3.63, 3.8) is 0 Å². The minimum atomic E-state index is 0.643. The van der Waals surface area contributed by atoms with E-state index in [1.54, 1.807) is 18.6 Å². The van der Waals surface area contributed by atoms with Crippen LogP contribution in [0.2, 0.25) is 0 Å². The van der Waals surface area contributed by atoms with Crippen LogP contribution in [0.5, 0.6) is 0 Å². The van der Waals surface area contributed by atoms with Crippen LogP contribution in [-0.4, -0.2) is 46.6 Å². The lowest BCUT2D eigenvalue weighted by molar-refractivity contribution is 0.724. The third kappa shape index (κ3) is 3.57. The molecule has 0 unspecified atom stereocenters. The van der Waals surface area contributed by atoms with E-state index in [2.05, 4.69) is 59.5 Å². The molecule has 0 aliphatic carbocycles. The molecule has 0 atom stereocenters. The highest BCUT2D eigenvalue weighted by atomic mass is 15.2. The number of hydrogen-bond acceptors (Lipinski definition) is 7. The molecule has 0 spiro atoms. The number of H-pyrrole nitrogens is 2. The van der Waals surface area contributed by atoms with Crippen LogP contribution in [0.4, 0.5) is 0 Å². The fourth-order valence-corrected chi connectivity index (χ4v) is 4.01. The molecule has 9 nitrogen and oxygen atoms in total. The van der Waals surface area contributed by atoms with Crippen molar-refractivity contribution in [1.29, 1.82) is 0 Å². The number of pyridine rings is 4. The number of nitrogens with zero attached hydrogens (tertiary/aromatic N) is 6. The quantitative estimate of drug-likeness (QED) is 0.351. The van der Waals surface area contributed by atoms with Crippen molar-refractivity contribution in [2.45, 2.75) is 13.5 Å². The second kappa shape index (κ2) is 8.45. The summed E-state index contributed by atoms with van der Waals surface area (Å²) in [5.41, 5.74) is 7.78. The second-order valence-electron chi connectivity index (χ2n) is 7.94. The molecule has 0 aromatic carbocycles. The maximum Gasteiger partial charge on any atom is 0.159 e. The second-order valence-corrected chi connectivity index (χ2v) is 7.94. The molecule has 0 fully saturated rings. The number of rotatable bonds is 6. The van der Waals surface area contributed by atoms with Gasteiger partial charge in [0, 0.05) is 54.2 Å². The molecule has 0 saturated carbocycles. The summed E-state index contributed by atoms with van der Waals surface area (Å²) in [5, 5.41) is 11.7. The monoisotopic (exact) mass is 447 g/mol.